The van der Waals surface area contributed by atoms with Crippen LogP contribution in [0.4, 0.5) is 10.7 Å². The van der Waals surface area contributed by atoms with E-state index in [4.69, 9.17) is 0 Å². The number of aryl methyl sites for hydroxylation is 1. The number of hydrogen-bond donors (Lipinski definition) is 3. The van der Waals surface area contributed by atoms with Gasteiger partial charge in [0.2, 0.25) is 5.95 Å². The summed E-state index contributed by atoms with van der Waals surface area (Å²) in [5, 5.41) is 10.9. The van der Waals surface area contributed by atoms with Crippen molar-refractivity contribution in [1.82, 2.24) is 25.1 Å². The summed E-state index contributed by atoms with van der Waals surface area (Å²) in [5.74, 6) is 1.08. The van der Waals surface area contributed by atoms with Crippen LogP contribution < -0.4 is 10.6 Å². The second-order valence-electron chi connectivity index (χ2n) is 5.68. The van der Waals surface area contributed by atoms with Crippen molar-refractivity contribution in [3.63, 3.8) is 0 Å². The number of fused-ring (bicyclic) bond motifs is 1. The number of benzene rings is 1. The summed E-state index contributed by atoms with van der Waals surface area (Å²) in [6, 6.07) is 7.84. The molecule has 3 rings (SSSR count). The fourth-order valence-corrected chi connectivity index (χ4v) is 2.57. The molecule has 7 nitrogen and oxygen atoms in total. The molecule has 0 saturated carbocycles. The van der Waals surface area contributed by atoms with Crippen LogP contribution in [0.2, 0.25) is 0 Å². The first kappa shape index (κ1) is 15.1. The number of aromatic nitrogens is 4. The van der Waals surface area contributed by atoms with E-state index in [1.165, 1.54) is 0 Å². The lowest BCUT2D eigenvalue weighted by Gasteiger charge is -2.07. The number of hydrogen-bond acceptors (Lipinski definition) is 3. The van der Waals surface area contributed by atoms with Crippen molar-refractivity contribution in [2.75, 3.05) is 5.32 Å². The summed E-state index contributed by atoms with van der Waals surface area (Å²) < 4.78 is 1.77. The molecule has 2 heterocycles. The lowest BCUT2D eigenvalue weighted by molar-refractivity contribution is 0.251. The molecule has 3 aromatic rings. The Kier molecular flexibility index (Phi) is 4.01. The van der Waals surface area contributed by atoms with Crippen LogP contribution in [0.1, 0.15) is 31.3 Å². The Morgan fingerprint density at radius 3 is 2.91 bits per heavy atom. The van der Waals surface area contributed by atoms with Crippen LogP contribution in [-0.2, 0) is 6.54 Å². The summed E-state index contributed by atoms with van der Waals surface area (Å²) >= 11 is 0. The predicted molar refractivity (Wildman–Crippen MR) is 89.3 cm³/mol. The maximum absolute atomic E-state index is 12.0. The molecule has 120 valence electrons. The van der Waals surface area contributed by atoms with Crippen LogP contribution in [0.5, 0.6) is 0 Å². The van der Waals surface area contributed by atoms with Gasteiger partial charge in [-0.15, -0.1) is 5.10 Å². The lowest BCUT2D eigenvalue weighted by atomic mass is 10.1. The topological polar surface area (TPSA) is 87.6 Å². The molecule has 0 bridgehead atoms. The van der Waals surface area contributed by atoms with Gasteiger partial charge in [0.25, 0.3) is 0 Å². The highest BCUT2D eigenvalue weighted by Gasteiger charge is 2.11. The quantitative estimate of drug-likeness (QED) is 0.692. The van der Waals surface area contributed by atoms with Gasteiger partial charge < -0.3 is 10.3 Å². The Labute approximate surface area is 134 Å². The monoisotopic (exact) mass is 312 g/mol. The normalized spacial score (nSPS) is 11.1. The molecular formula is C16H20N6O. The van der Waals surface area contributed by atoms with Crippen LogP contribution in [0, 0.1) is 6.92 Å². The zero-order valence-electron chi connectivity index (χ0n) is 13.4. The van der Waals surface area contributed by atoms with E-state index in [0.717, 1.165) is 22.3 Å². The van der Waals surface area contributed by atoms with Crippen LogP contribution in [0.3, 0.4) is 0 Å². The van der Waals surface area contributed by atoms with E-state index in [-0.39, 0.29) is 12.1 Å². The molecule has 0 aliphatic rings. The SMILES string of the molecule is Cc1nc(NC(=O)NCc2cccc3[nH]ccc23)nn1C(C)C. The highest BCUT2D eigenvalue weighted by molar-refractivity contribution is 5.88. The third-order valence-corrected chi connectivity index (χ3v) is 3.64. The van der Waals surface area contributed by atoms with Crippen molar-refractivity contribution >= 4 is 22.9 Å². The average Bonchev–Trinajstić information content (AvgIpc) is 3.11. The van der Waals surface area contributed by atoms with Gasteiger partial charge in [-0.2, -0.15) is 4.98 Å². The molecule has 0 fully saturated rings. The summed E-state index contributed by atoms with van der Waals surface area (Å²) in [7, 11) is 0. The van der Waals surface area contributed by atoms with E-state index < -0.39 is 0 Å². The maximum atomic E-state index is 12.0. The second-order valence-corrected chi connectivity index (χ2v) is 5.68. The lowest BCUT2D eigenvalue weighted by Crippen LogP contribution is -2.28. The van der Waals surface area contributed by atoms with Gasteiger partial charge in [-0.05, 0) is 38.5 Å². The number of carbonyl (C=O) groups is 1. The third kappa shape index (κ3) is 3.18. The summed E-state index contributed by atoms with van der Waals surface area (Å²) in [6.45, 7) is 6.33. The Balaban J connectivity index is 1.64. The van der Waals surface area contributed by atoms with E-state index in [0.29, 0.717) is 12.5 Å². The molecule has 0 atom stereocenters. The van der Waals surface area contributed by atoms with E-state index in [2.05, 4.69) is 25.7 Å². The van der Waals surface area contributed by atoms with E-state index in [1.54, 1.807) is 4.68 Å². The number of H-pyrrole nitrogens is 1. The molecule has 1 aromatic carbocycles. The van der Waals surface area contributed by atoms with Gasteiger partial charge in [-0.25, -0.2) is 9.48 Å². The molecule has 7 heteroatoms. The van der Waals surface area contributed by atoms with Gasteiger partial charge in [0.15, 0.2) is 0 Å². The molecule has 0 radical (unpaired) electrons. The Morgan fingerprint density at radius 2 is 2.17 bits per heavy atom. The van der Waals surface area contributed by atoms with Crippen molar-refractivity contribution in [1.29, 1.82) is 0 Å². The van der Waals surface area contributed by atoms with Gasteiger partial charge >= 0.3 is 6.03 Å². The highest BCUT2D eigenvalue weighted by atomic mass is 16.2. The van der Waals surface area contributed by atoms with Crippen LogP contribution in [0.15, 0.2) is 30.5 Å². The zero-order valence-corrected chi connectivity index (χ0v) is 13.4. The summed E-state index contributed by atoms with van der Waals surface area (Å²) in [5.41, 5.74) is 2.11. The number of urea groups is 1. The molecule has 0 spiro atoms. The van der Waals surface area contributed by atoms with Crippen LogP contribution >= 0.6 is 0 Å². The second kappa shape index (κ2) is 6.12. The molecule has 3 N–H and O–H groups in total. The minimum Gasteiger partial charge on any atom is -0.361 e. The molecule has 0 aliphatic carbocycles. The number of anilines is 1. The fraction of sp³-hybridized carbons (Fsp3) is 0.312. The minimum atomic E-state index is -0.321. The Morgan fingerprint density at radius 1 is 1.35 bits per heavy atom. The molecular weight excluding hydrogens is 292 g/mol. The number of carbonyl (C=O) groups excluding carboxylic acids is 1. The average molecular weight is 312 g/mol. The molecule has 0 unspecified atom stereocenters. The maximum Gasteiger partial charge on any atom is 0.321 e. The van der Waals surface area contributed by atoms with E-state index in [1.807, 2.05) is 51.2 Å². The highest BCUT2D eigenvalue weighted by Crippen LogP contribution is 2.17. The van der Waals surface area contributed by atoms with Crippen molar-refractivity contribution in [3.8, 4) is 0 Å². The summed E-state index contributed by atoms with van der Waals surface area (Å²) in [6.07, 6.45) is 1.89. The van der Waals surface area contributed by atoms with Gasteiger partial charge in [0.1, 0.15) is 5.82 Å². The van der Waals surface area contributed by atoms with Gasteiger partial charge in [0.05, 0.1) is 0 Å². The van der Waals surface area contributed by atoms with Crippen molar-refractivity contribution < 1.29 is 4.79 Å². The minimum absolute atomic E-state index is 0.201. The first-order valence-corrected chi connectivity index (χ1v) is 7.57. The molecule has 0 saturated heterocycles. The van der Waals surface area contributed by atoms with Crippen molar-refractivity contribution in [2.24, 2.45) is 0 Å². The Bertz CT molecular complexity index is 832. The standard InChI is InChI=1S/C16H20N6O/c1-10(2)22-11(3)19-15(21-22)20-16(23)18-9-12-5-4-6-14-13(12)7-8-17-14/h4-8,10,17H,9H2,1-3H3,(H2,18,20,21,23). The fourth-order valence-electron chi connectivity index (χ4n) is 2.57. The summed E-state index contributed by atoms with van der Waals surface area (Å²) in [4.78, 5) is 19.4. The predicted octanol–water partition coefficient (Wildman–Crippen LogP) is 2.97. The van der Waals surface area contributed by atoms with Gasteiger partial charge in [-0.1, -0.05) is 12.1 Å². The van der Waals surface area contributed by atoms with E-state index >= 15 is 0 Å². The first-order chi connectivity index (χ1) is 11.0. The first-order valence-electron chi connectivity index (χ1n) is 7.57. The van der Waals surface area contributed by atoms with Gasteiger partial charge in [-0.3, -0.25) is 5.32 Å². The number of rotatable bonds is 4. The molecule has 2 amide bonds. The number of aromatic amines is 1. The largest absolute Gasteiger partial charge is 0.361 e. The third-order valence-electron chi connectivity index (χ3n) is 3.64. The van der Waals surface area contributed by atoms with Crippen LogP contribution in [0.25, 0.3) is 10.9 Å². The number of nitrogens with one attached hydrogen (secondary N) is 3. The molecule has 0 aliphatic heterocycles. The van der Waals surface area contributed by atoms with Gasteiger partial charge in [0, 0.05) is 29.7 Å². The van der Waals surface area contributed by atoms with Crippen molar-refractivity contribution in [2.45, 2.75) is 33.4 Å². The van der Waals surface area contributed by atoms with Crippen LogP contribution in [-0.4, -0.2) is 25.8 Å². The Hall–Kier alpha value is -2.83. The van der Waals surface area contributed by atoms with Crippen molar-refractivity contribution in [3.05, 3.63) is 41.9 Å². The smallest absolute Gasteiger partial charge is 0.321 e. The molecule has 2 aromatic heterocycles. The number of amides is 2. The van der Waals surface area contributed by atoms with E-state index in [9.17, 15) is 4.79 Å². The number of nitrogens with zero attached hydrogens (tertiary/aromatic N) is 3. The zero-order chi connectivity index (χ0) is 16.4. The molecule has 23 heavy (non-hydrogen) atoms.